The summed E-state index contributed by atoms with van der Waals surface area (Å²) in [5.41, 5.74) is 5.97. The summed E-state index contributed by atoms with van der Waals surface area (Å²) in [5, 5.41) is 3.94. The molecule has 0 atom stereocenters. The summed E-state index contributed by atoms with van der Waals surface area (Å²) in [5.74, 6) is 6.10. The van der Waals surface area contributed by atoms with E-state index in [9.17, 15) is 0 Å². The number of nitrogens with zero attached hydrogens (tertiary/aromatic N) is 1. The van der Waals surface area contributed by atoms with Gasteiger partial charge in [0.15, 0.2) is 5.17 Å². The molecule has 0 saturated heterocycles. The minimum Gasteiger partial charge on any atom is -0.377 e. The first kappa shape index (κ1) is 9.71. The van der Waals surface area contributed by atoms with Crippen LogP contribution in [0.3, 0.4) is 0 Å². The molecule has 0 aliphatic heterocycles. The number of nitrogens with two attached hydrogens (primary N) is 2. The summed E-state index contributed by atoms with van der Waals surface area (Å²) in [7, 11) is 0. The van der Waals surface area contributed by atoms with Crippen LogP contribution in [0.25, 0.3) is 0 Å². The van der Waals surface area contributed by atoms with E-state index in [0.717, 1.165) is 5.75 Å². The van der Waals surface area contributed by atoms with Gasteiger partial charge in [0.2, 0.25) is 0 Å². The lowest BCUT2D eigenvalue weighted by molar-refractivity contribution is 0.393. The van der Waals surface area contributed by atoms with Crippen LogP contribution in [-0.2, 0) is 0 Å². The number of hydrazone groups is 1. The maximum absolute atomic E-state index is 5.50. The molecule has 0 bridgehead atoms. The van der Waals surface area contributed by atoms with Gasteiger partial charge in [-0.15, -0.1) is 0 Å². The number of thioether (sulfide) groups is 1. The molecule has 0 heterocycles. The van der Waals surface area contributed by atoms with Gasteiger partial charge in [-0.2, -0.15) is 5.10 Å². The number of hydrogen-bond donors (Lipinski definition) is 2. The van der Waals surface area contributed by atoms with Crippen LogP contribution in [0.5, 0.6) is 0 Å². The molecule has 0 aromatic rings. The zero-order chi connectivity index (χ0) is 9.03. The van der Waals surface area contributed by atoms with Crippen LogP contribution in [-0.4, -0.2) is 10.9 Å². The van der Waals surface area contributed by atoms with Crippen LogP contribution in [0.1, 0.15) is 32.6 Å². The maximum atomic E-state index is 5.50. The molecule has 0 unspecified atom stereocenters. The van der Waals surface area contributed by atoms with Crippen molar-refractivity contribution < 1.29 is 0 Å². The van der Waals surface area contributed by atoms with Crippen molar-refractivity contribution in [3.63, 3.8) is 0 Å². The SMILES string of the molecule is CC1(CS/C(N)=N/N)CCCC1. The van der Waals surface area contributed by atoms with Crippen LogP contribution in [0.4, 0.5) is 0 Å². The zero-order valence-electron chi connectivity index (χ0n) is 7.55. The lowest BCUT2D eigenvalue weighted by Gasteiger charge is -2.21. The minimum absolute atomic E-state index is 0.472. The highest BCUT2D eigenvalue weighted by Gasteiger charge is 2.28. The van der Waals surface area contributed by atoms with Gasteiger partial charge in [0.25, 0.3) is 0 Å². The summed E-state index contributed by atoms with van der Waals surface area (Å²) in [4.78, 5) is 0. The van der Waals surface area contributed by atoms with E-state index in [1.54, 1.807) is 11.8 Å². The molecule has 70 valence electrons. The topological polar surface area (TPSA) is 64.4 Å². The average molecular weight is 187 g/mol. The molecule has 1 aliphatic carbocycles. The van der Waals surface area contributed by atoms with Gasteiger partial charge in [0.05, 0.1) is 0 Å². The fourth-order valence-electron chi connectivity index (χ4n) is 1.66. The molecule has 12 heavy (non-hydrogen) atoms. The number of amidine groups is 1. The quantitative estimate of drug-likeness (QED) is 0.298. The van der Waals surface area contributed by atoms with Gasteiger partial charge in [-0.1, -0.05) is 31.5 Å². The van der Waals surface area contributed by atoms with Gasteiger partial charge in [-0.05, 0) is 18.3 Å². The Labute approximate surface area is 78.0 Å². The van der Waals surface area contributed by atoms with Gasteiger partial charge in [0.1, 0.15) is 0 Å². The maximum Gasteiger partial charge on any atom is 0.177 e. The molecule has 1 fully saturated rings. The Kier molecular flexibility index (Phi) is 3.26. The predicted molar refractivity (Wildman–Crippen MR) is 54.8 cm³/mol. The van der Waals surface area contributed by atoms with Crippen molar-refractivity contribution in [1.29, 1.82) is 0 Å². The van der Waals surface area contributed by atoms with E-state index >= 15 is 0 Å². The van der Waals surface area contributed by atoms with E-state index in [2.05, 4.69) is 12.0 Å². The molecule has 0 amide bonds. The summed E-state index contributed by atoms with van der Waals surface area (Å²) in [6, 6.07) is 0. The second-order valence-electron chi connectivity index (χ2n) is 3.77. The molecule has 0 aromatic carbocycles. The second kappa shape index (κ2) is 4.03. The highest BCUT2D eigenvalue weighted by molar-refractivity contribution is 8.13. The highest BCUT2D eigenvalue weighted by atomic mass is 32.2. The van der Waals surface area contributed by atoms with Gasteiger partial charge < -0.3 is 11.6 Å². The Morgan fingerprint density at radius 3 is 2.58 bits per heavy atom. The fraction of sp³-hybridized carbons (Fsp3) is 0.875. The molecule has 1 saturated carbocycles. The van der Waals surface area contributed by atoms with Gasteiger partial charge >= 0.3 is 0 Å². The Hall–Kier alpha value is -0.380. The van der Waals surface area contributed by atoms with E-state index in [4.69, 9.17) is 11.6 Å². The summed E-state index contributed by atoms with van der Waals surface area (Å²) in [6.45, 7) is 2.32. The first-order chi connectivity index (χ1) is 5.66. The first-order valence-corrected chi connectivity index (χ1v) is 5.31. The van der Waals surface area contributed by atoms with Crippen molar-refractivity contribution in [2.24, 2.45) is 22.1 Å². The molecule has 0 aromatic heterocycles. The van der Waals surface area contributed by atoms with Gasteiger partial charge in [-0.3, -0.25) is 0 Å². The Morgan fingerprint density at radius 1 is 1.50 bits per heavy atom. The van der Waals surface area contributed by atoms with Gasteiger partial charge in [-0.25, -0.2) is 0 Å². The molecule has 3 nitrogen and oxygen atoms in total. The van der Waals surface area contributed by atoms with Gasteiger partial charge in [0, 0.05) is 5.75 Å². The van der Waals surface area contributed by atoms with Crippen molar-refractivity contribution in [3.05, 3.63) is 0 Å². The van der Waals surface area contributed by atoms with E-state index in [1.165, 1.54) is 25.7 Å². The average Bonchev–Trinajstić information content (AvgIpc) is 2.49. The third kappa shape index (κ3) is 2.59. The molecule has 4 heteroatoms. The Morgan fingerprint density at radius 2 is 2.08 bits per heavy atom. The molecular weight excluding hydrogens is 170 g/mol. The molecular formula is C8H17N3S. The van der Waals surface area contributed by atoms with Crippen LogP contribution < -0.4 is 11.6 Å². The minimum atomic E-state index is 0.472. The van der Waals surface area contributed by atoms with E-state index in [1.807, 2.05) is 0 Å². The van der Waals surface area contributed by atoms with E-state index < -0.39 is 0 Å². The van der Waals surface area contributed by atoms with Crippen LogP contribution >= 0.6 is 11.8 Å². The fourth-order valence-corrected chi connectivity index (χ4v) is 2.52. The van der Waals surface area contributed by atoms with Crippen LogP contribution in [0.15, 0.2) is 5.10 Å². The lowest BCUT2D eigenvalue weighted by Crippen LogP contribution is -2.19. The third-order valence-electron chi connectivity index (χ3n) is 2.51. The van der Waals surface area contributed by atoms with E-state index in [-0.39, 0.29) is 0 Å². The lowest BCUT2D eigenvalue weighted by atomic mass is 9.92. The summed E-state index contributed by atoms with van der Waals surface area (Å²) >= 11 is 1.58. The monoisotopic (exact) mass is 187 g/mol. The third-order valence-corrected chi connectivity index (χ3v) is 3.75. The first-order valence-electron chi connectivity index (χ1n) is 4.32. The highest BCUT2D eigenvalue weighted by Crippen LogP contribution is 2.39. The van der Waals surface area contributed by atoms with E-state index in [0.29, 0.717) is 10.6 Å². The van der Waals surface area contributed by atoms with Crippen molar-refractivity contribution >= 4 is 16.9 Å². The molecule has 0 spiro atoms. The number of hydrogen-bond acceptors (Lipinski definition) is 3. The number of rotatable bonds is 2. The molecule has 1 rings (SSSR count). The summed E-state index contributed by atoms with van der Waals surface area (Å²) < 4.78 is 0. The van der Waals surface area contributed by atoms with Crippen molar-refractivity contribution in [1.82, 2.24) is 0 Å². The largest absolute Gasteiger partial charge is 0.377 e. The Bertz CT molecular complexity index is 173. The van der Waals surface area contributed by atoms with Crippen LogP contribution in [0, 0.1) is 5.41 Å². The standard InChI is InChI=1S/C8H17N3S/c1-8(4-2-3-5-8)6-12-7(9)11-10/h2-6,10H2,1H3,(H2,9,11). The van der Waals surface area contributed by atoms with Crippen LogP contribution in [0.2, 0.25) is 0 Å². The molecule has 0 radical (unpaired) electrons. The normalized spacial score (nSPS) is 22.9. The van der Waals surface area contributed by atoms with Crippen molar-refractivity contribution in [2.45, 2.75) is 32.6 Å². The second-order valence-corrected chi connectivity index (χ2v) is 4.77. The van der Waals surface area contributed by atoms with Crippen molar-refractivity contribution in [3.8, 4) is 0 Å². The summed E-state index contributed by atoms with van der Waals surface area (Å²) in [6.07, 6.45) is 5.35. The molecule has 1 aliphatic rings. The smallest absolute Gasteiger partial charge is 0.177 e. The van der Waals surface area contributed by atoms with Crippen molar-refractivity contribution in [2.75, 3.05) is 5.75 Å². The zero-order valence-corrected chi connectivity index (χ0v) is 8.36. The predicted octanol–water partition coefficient (Wildman–Crippen LogP) is 1.49. The molecule has 4 N–H and O–H groups in total. The Balaban J connectivity index is 2.30.